The molecular formula is C16H15Cl2N5OS. The van der Waals surface area contributed by atoms with Crippen LogP contribution >= 0.6 is 34.5 Å². The lowest BCUT2D eigenvalue weighted by molar-refractivity contribution is 0.413. The summed E-state index contributed by atoms with van der Waals surface area (Å²) in [7, 11) is 1.59. The topological polar surface area (TPSA) is 72.0 Å². The average Bonchev–Trinajstić information content (AvgIpc) is 2.93. The van der Waals surface area contributed by atoms with Gasteiger partial charge in [0.2, 0.25) is 5.28 Å². The number of hydrogen-bond acceptors (Lipinski definition) is 7. The van der Waals surface area contributed by atoms with E-state index < -0.39 is 0 Å². The van der Waals surface area contributed by atoms with Crippen molar-refractivity contribution in [3.63, 3.8) is 0 Å². The first-order valence-corrected chi connectivity index (χ1v) is 8.96. The minimum Gasteiger partial charge on any atom is -0.495 e. The maximum absolute atomic E-state index is 6.20. The van der Waals surface area contributed by atoms with Gasteiger partial charge in [-0.15, -0.1) is 11.3 Å². The molecule has 0 aromatic carbocycles. The van der Waals surface area contributed by atoms with Crippen LogP contribution in [-0.2, 0) is 6.54 Å². The van der Waals surface area contributed by atoms with Crippen molar-refractivity contribution in [2.24, 2.45) is 0 Å². The third-order valence-corrected chi connectivity index (χ3v) is 4.96. The summed E-state index contributed by atoms with van der Waals surface area (Å²) in [5, 5.41) is 8.63. The SMILES string of the molecule is COc1ccc(Nc2nc(Cl)ncc2CNc2c(C)csc2Cl)nc1. The standard InChI is InChI=1S/C16H15Cl2N5OS/c1-9-8-25-14(17)13(9)20-5-10-6-21-16(18)23-15(10)22-12-4-3-11(24-2)7-19-12/h3-4,6-8,20H,5H2,1-2H3,(H,19,21,22,23). The van der Waals surface area contributed by atoms with Crippen molar-refractivity contribution in [1.82, 2.24) is 15.0 Å². The Balaban J connectivity index is 1.80. The van der Waals surface area contributed by atoms with Crippen molar-refractivity contribution in [3.05, 3.63) is 50.7 Å². The number of pyridine rings is 1. The van der Waals surface area contributed by atoms with E-state index in [9.17, 15) is 0 Å². The molecule has 3 rings (SSSR count). The maximum Gasteiger partial charge on any atom is 0.224 e. The Bertz CT molecular complexity index is 850. The third kappa shape index (κ3) is 4.31. The van der Waals surface area contributed by atoms with Gasteiger partial charge in [0.25, 0.3) is 0 Å². The van der Waals surface area contributed by atoms with Crippen LogP contribution in [0, 0.1) is 6.92 Å². The van der Waals surface area contributed by atoms with Crippen LogP contribution in [0.25, 0.3) is 0 Å². The summed E-state index contributed by atoms with van der Waals surface area (Å²) < 4.78 is 5.83. The van der Waals surface area contributed by atoms with Crippen LogP contribution in [0.2, 0.25) is 9.62 Å². The second kappa shape index (κ2) is 7.86. The molecule has 3 heterocycles. The van der Waals surface area contributed by atoms with E-state index in [1.165, 1.54) is 11.3 Å². The lowest BCUT2D eigenvalue weighted by atomic mass is 10.2. The van der Waals surface area contributed by atoms with E-state index in [1.54, 1.807) is 25.6 Å². The molecule has 0 spiro atoms. The molecule has 0 atom stereocenters. The first-order chi connectivity index (χ1) is 12.1. The number of ether oxygens (including phenoxy) is 1. The van der Waals surface area contributed by atoms with Gasteiger partial charge in [-0.1, -0.05) is 11.6 Å². The summed E-state index contributed by atoms with van der Waals surface area (Å²) in [5.74, 6) is 1.88. The van der Waals surface area contributed by atoms with E-state index in [0.29, 0.717) is 23.9 Å². The number of anilines is 3. The molecule has 0 saturated carbocycles. The van der Waals surface area contributed by atoms with Gasteiger partial charge < -0.3 is 15.4 Å². The highest BCUT2D eigenvalue weighted by Gasteiger charge is 2.11. The zero-order valence-electron chi connectivity index (χ0n) is 13.5. The van der Waals surface area contributed by atoms with E-state index >= 15 is 0 Å². The number of thiophene rings is 1. The van der Waals surface area contributed by atoms with Crippen LogP contribution in [0.1, 0.15) is 11.1 Å². The number of hydrogen-bond donors (Lipinski definition) is 2. The largest absolute Gasteiger partial charge is 0.495 e. The van der Waals surface area contributed by atoms with Gasteiger partial charge in [0.15, 0.2) is 0 Å². The minimum absolute atomic E-state index is 0.157. The number of methoxy groups -OCH3 is 1. The van der Waals surface area contributed by atoms with Crippen molar-refractivity contribution in [2.75, 3.05) is 17.7 Å². The molecule has 3 aromatic rings. The fraction of sp³-hybridized carbons (Fsp3) is 0.188. The van der Waals surface area contributed by atoms with Crippen molar-refractivity contribution in [2.45, 2.75) is 13.5 Å². The van der Waals surface area contributed by atoms with E-state index in [-0.39, 0.29) is 5.28 Å². The molecule has 25 heavy (non-hydrogen) atoms. The van der Waals surface area contributed by atoms with Gasteiger partial charge >= 0.3 is 0 Å². The summed E-state index contributed by atoms with van der Waals surface area (Å²) >= 11 is 13.6. The molecule has 0 aliphatic carbocycles. The van der Waals surface area contributed by atoms with E-state index in [2.05, 4.69) is 25.6 Å². The molecule has 0 amide bonds. The molecule has 0 saturated heterocycles. The predicted molar refractivity (Wildman–Crippen MR) is 103 cm³/mol. The lowest BCUT2D eigenvalue weighted by Crippen LogP contribution is -2.07. The van der Waals surface area contributed by atoms with Crippen LogP contribution in [0.4, 0.5) is 17.3 Å². The smallest absolute Gasteiger partial charge is 0.224 e. The maximum atomic E-state index is 6.20. The van der Waals surface area contributed by atoms with Gasteiger partial charge in [-0.25, -0.2) is 15.0 Å². The van der Waals surface area contributed by atoms with Gasteiger partial charge in [-0.05, 0) is 41.6 Å². The van der Waals surface area contributed by atoms with Gasteiger partial charge in [-0.2, -0.15) is 0 Å². The van der Waals surface area contributed by atoms with Crippen LogP contribution < -0.4 is 15.4 Å². The second-order valence-electron chi connectivity index (χ2n) is 5.14. The summed E-state index contributed by atoms with van der Waals surface area (Å²) in [6.45, 7) is 2.50. The lowest BCUT2D eigenvalue weighted by Gasteiger charge is -2.12. The molecule has 0 aliphatic heterocycles. The number of nitrogens with zero attached hydrogens (tertiary/aromatic N) is 3. The van der Waals surface area contributed by atoms with Crippen LogP contribution in [-0.4, -0.2) is 22.1 Å². The number of nitrogens with one attached hydrogen (secondary N) is 2. The molecule has 0 unspecified atom stereocenters. The molecule has 0 aliphatic rings. The second-order valence-corrected chi connectivity index (χ2v) is 6.96. The van der Waals surface area contributed by atoms with Crippen molar-refractivity contribution >= 4 is 51.9 Å². The van der Waals surface area contributed by atoms with E-state index in [1.807, 2.05) is 18.4 Å². The van der Waals surface area contributed by atoms with Crippen LogP contribution in [0.5, 0.6) is 5.75 Å². The Morgan fingerprint density at radius 1 is 1.20 bits per heavy atom. The van der Waals surface area contributed by atoms with Gasteiger partial charge in [-0.3, -0.25) is 0 Å². The minimum atomic E-state index is 0.157. The summed E-state index contributed by atoms with van der Waals surface area (Å²) in [6, 6.07) is 3.61. The number of aromatic nitrogens is 3. The number of aryl methyl sites for hydroxylation is 1. The third-order valence-electron chi connectivity index (χ3n) is 3.44. The average molecular weight is 396 g/mol. The Labute approximate surface area is 159 Å². The first kappa shape index (κ1) is 17.7. The molecule has 9 heteroatoms. The van der Waals surface area contributed by atoms with E-state index in [0.717, 1.165) is 21.2 Å². The Hall–Kier alpha value is -2.09. The van der Waals surface area contributed by atoms with Gasteiger partial charge in [0, 0.05) is 18.3 Å². The Kier molecular flexibility index (Phi) is 5.57. The van der Waals surface area contributed by atoms with Gasteiger partial charge in [0.05, 0.1) is 19.0 Å². The fourth-order valence-electron chi connectivity index (χ4n) is 2.12. The Morgan fingerprint density at radius 2 is 2.04 bits per heavy atom. The van der Waals surface area contributed by atoms with Crippen molar-refractivity contribution in [1.29, 1.82) is 0 Å². The highest BCUT2D eigenvalue weighted by Crippen LogP contribution is 2.33. The normalized spacial score (nSPS) is 10.6. The summed E-state index contributed by atoms with van der Waals surface area (Å²) in [5.41, 5.74) is 2.84. The van der Waals surface area contributed by atoms with Crippen molar-refractivity contribution < 1.29 is 4.74 Å². The molecular weight excluding hydrogens is 381 g/mol. The van der Waals surface area contributed by atoms with Gasteiger partial charge in [0.1, 0.15) is 21.7 Å². The molecule has 6 nitrogen and oxygen atoms in total. The zero-order valence-corrected chi connectivity index (χ0v) is 15.8. The monoisotopic (exact) mass is 395 g/mol. The molecule has 0 radical (unpaired) electrons. The highest BCUT2D eigenvalue weighted by molar-refractivity contribution is 7.15. The summed E-state index contributed by atoms with van der Waals surface area (Å²) in [6.07, 6.45) is 3.29. The van der Waals surface area contributed by atoms with E-state index in [4.69, 9.17) is 27.9 Å². The van der Waals surface area contributed by atoms with Crippen molar-refractivity contribution in [3.8, 4) is 5.75 Å². The number of rotatable bonds is 6. The molecule has 2 N–H and O–H groups in total. The highest BCUT2D eigenvalue weighted by atomic mass is 35.5. The molecule has 3 aromatic heterocycles. The van der Waals surface area contributed by atoms with Crippen LogP contribution in [0.3, 0.4) is 0 Å². The first-order valence-electron chi connectivity index (χ1n) is 7.32. The fourth-order valence-corrected chi connectivity index (χ4v) is 3.36. The molecule has 130 valence electrons. The Morgan fingerprint density at radius 3 is 2.68 bits per heavy atom. The quantitative estimate of drug-likeness (QED) is 0.577. The predicted octanol–water partition coefficient (Wildman–Crippen LogP) is 4.91. The molecule has 0 bridgehead atoms. The summed E-state index contributed by atoms with van der Waals surface area (Å²) in [4.78, 5) is 12.6. The number of halogens is 2. The molecule has 0 fully saturated rings. The zero-order chi connectivity index (χ0) is 17.8. The van der Waals surface area contributed by atoms with Crippen LogP contribution in [0.15, 0.2) is 29.9 Å².